The fraction of sp³-hybridized carbons (Fsp3) is 0.364. The van der Waals surface area contributed by atoms with E-state index in [-0.39, 0.29) is 54.5 Å². The second kappa shape index (κ2) is 11.7. The maximum atomic E-state index is 12.7. The Balaban J connectivity index is 2.26. The summed E-state index contributed by atoms with van der Waals surface area (Å²) in [6.07, 6.45) is -0.358. The highest BCUT2D eigenvalue weighted by molar-refractivity contribution is 6.03. The van der Waals surface area contributed by atoms with E-state index in [2.05, 4.69) is 0 Å². The second-order valence-electron chi connectivity index (χ2n) is 6.62. The summed E-state index contributed by atoms with van der Waals surface area (Å²) < 4.78 is 26.0. The van der Waals surface area contributed by atoms with Gasteiger partial charge in [0.25, 0.3) is 0 Å². The standard InChI is InChI=1S/C22H25NO10/c1-29-18-10-13(9-15(23(27)28)21(18)33-8-7-24)16(25)5-6-17(26)14-11-19(30-2)22(32-4)20(12-14)31-3/h9-12,24H,5-8H2,1-4H3. The van der Waals surface area contributed by atoms with Gasteiger partial charge in [0, 0.05) is 30.0 Å². The minimum absolute atomic E-state index is 0.00686. The molecule has 33 heavy (non-hydrogen) atoms. The van der Waals surface area contributed by atoms with Gasteiger partial charge in [-0.15, -0.1) is 0 Å². The van der Waals surface area contributed by atoms with Gasteiger partial charge in [-0.3, -0.25) is 19.7 Å². The molecule has 2 rings (SSSR count). The Labute approximate surface area is 189 Å². The molecule has 0 saturated carbocycles. The summed E-state index contributed by atoms with van der Waals surface area (Å²) in [5.74, 6) is -0.150. The molecule has 0 heterocycles. The van der Waals surface area contributed by atoms with Gasteiger partial charge in [0.05, 0.1) is 40.0 Å². The minimum Gasteiger partial charge on any atom is -0.493 e. The molecule has 0 unspecified atom stereocenters. The molecule has 0 aliphatic heterocycles. The number of ketones is 2. The normalized spacial score (nSPS) is 10.3. The first-order valence-electron chi connectivity index (χ1n) is 9.77. The topological polar surface area (TPSA) is 144 Å². The summed E-state index contributed by atoms with van der Waals surface area (Å²) in [7, 11) is 5.55. The fourth-order valence-electron chi connectivity index (χ4n) is 3.09. The van der Waals surface area contributed by atoms with Gasteiger partial charge < -0.3 is 28.8 Å². The molecule has 0 aromatic heterocycles. The van der Waals surface area contributed by atoms with E-state index in [0.717, 1.165) is 6.07 Å². The van der Waals surface area contributed by atoms with Crippen molar-refractivity contribution in [2.75, 3.05) is 41.7 Å². The van der Waals surface area contributed by atoms with E-state index in [1.54, 1.807) is 0 Å². The van der Waals surface area contributed by atoms with E-state index in [1.807, 2.05) is 0 Å². The number of aliphatic hydroxyl groups is 1. The molecule has 0 spiro atoms. The molecule has 0 aliphatic carbocycles. The Bertz CT molecular complexity index is 1010. The van der Waals surface area contributed by atoms with Crippen LogP contribution in [-0.2, 0) is 0 Å². The third-order valence-electron chi connectivity index (χ3n) is 4.68. The summed E-state index contributed by atoms with van der Waals surface area (Å²) >= 11 is 0. The van der Waals surface area contributed by atoms with E-state index in [4.69, 9.17) is 28.8 Å². The van der Waals surface area contributed by atoms with E-state index in [0.29, 0.717) is 17.2 Å². The van der Waals surface area contributed by atoms with E-state index < -0.39 is 16.4 Å². The SMILES string of the molecule is COc1cc(C(=O)CCC(=O)c2cc(OC)c(OCCO)c([N+](=O)[O-])c2)cc(OC)c1OC. The molecule has 1 N–H and O–H groups in total. The summed E-state index contributed by atoms with van der Waals surface area (Å²) in [5.41, 5.74) is -0.233. The Hall–Kier alpha value is -3.86. The number of hydrogen-bond donors (Lipinski definition) is 1. The van der Waals surface area contributed by atoms with Crippen molar-refractivity contribution in [2.45, 2.75) is 12.8 Å². The van der Waals surface area contributed by atoms with Crippen molar-refractivity contribution in [3.8, 4) is 28.7 Å². The molecule has 0 amide bonds. The Morgan fingerprint density at radius 2 is 1.27 bits per heavy atom. The smallest absolute Gasteiger partial charge is 0.315 e. The van der Waals surface area contributed by atoms with Gasteiger partial charge in [-0.1, -0.05) is 0 Å². The summed E-state index contributed by atoms with van der Waals surface area (Å²) in [6, 6.07) is 5.32. The van der Waals surface area contributed by atoms with Crippen LogP contribution in [0.25, 0.3) is 0 Å². The van der Waals surface area contributed by atoms with Gasteiger partial charge >= 0.3 is 5.69 Å². The summed E-state index contributed by atoms with van der Waals surface area (Å²) in [5, 5.41) is 20.4. The maximum Gasteiger partial charge on any atom is 0.315 e. The van der Waals surface area contributed by atoms with Crippen LogP contribution in [0.5, 0.6) is 28.7 Å². The molecule has 11 heteroatoms. The molecule has 178 valence electrons. The van der Waals surface area contributed by atoms with Gasteiger partial charge in [-0.05, 0) is 18.2 Å². The lowest BCUT2D eigenvalue weighted by Gasteiger charge is -2.14. The lowest BCUT2D eigenvalue weighted by molar-refractivity contribution is -0.386. The van der Waals surface area contributed by atoms with Gasteiger partial charge in [0.1, 0.15) is 6.61 Å². The zero-order chi connectivity index (χ0) is 24.5. The number of hydrogen-bond acceptors (Lipinski definition) is 10. The maximum absolute atomic E-state index is 12.7. The number of nitro benzene ring substituents is 1. The van der Waals surface area contributed by atoms with Crippen LogP contribution in [0.2, 0.25) is 0 Å². The molecule has 0 saturated heterocycles. The van der Waals surface area contributed by atoms with Crippen molar-refractivity contribution in [1.29, 1.82) is 0 Å². The molecule has 0 atom stereocenters. The quantitative estimate of drug-likeness (QED) is 0.267. The van der Waals surface area contributed by atoms with Crippen LogP contribution >= 0.6 is 0 Å². The first kappa shape index (κ1) is 25.4. The van der Waals surface area contributed by atoms with Crippen molar-refractivity contribution >= 4 is 17.3 Å². The Kier molecular flexibility index (Phi) is 8.98. The summed E-state index contributed by atoms with van der Waals surface area (Å²) in [4.78, 5) is 36.2. The lowest BCUT2D eigenvalue weighted by atomic mass is 10.00. The first-order valence-corrected chi connectivity index (χ1v) is 9.77. The largest absolute Gasteiger partial charge is 0.493 e. The van der Waals surface area contributed by atoms with Crippen LogP contribution in [0.15, 0.2) is 24.3 Å². The molecule has 11 nitrogen and oxygen atoms in total. The molecule has 2 aromatic rings. The number of aliphatic hydroxyl groups excluding tert-OH is 1. The zero-order valence-electron chi connectivity index (χ0n) is 18.7. The van der Waals surface area contributed by atoms with Crippen LogP contribution in [0, 0.1) is 10.1 Å². The number of benzene rings is 2. The number of rotatable bonds is 13. The lowest BCUT2D eigenvalue weighted by Crippen LogP contribution is -2.09. The molecule has 0 aliphatic rings. The number of carbonyl (C=O) groups excluding carboxylic acids is 2. The van der Waals surface area contributed by atoms with Crippen LogP contribution < -0.4 is 23.7 Å². The van der Waals surface area contributed by atoms with Gasteiger partial charge in [-0.2, -0.15) is 0 Å². The van der Waals surface area contributed by atoms with Crippen molar-refractivity contribution in [3.63, 3.8) is 0 Å². The van der Waals surface area contributed by atoms with Crippen molar-refractivity contribution < 1.29 is 43.3 Å². The van der Waals surface area contributed by atoms with Crippen LogP contribution in [0.4, 0.5) is 5.69 Å². The Morgan fingerprint density at radius 3 is 1.67 bits per heavy atom. The predicted molar refractivity (Wildman–Crippen MR) is 116 cm³/mol. The highest BCUT2D eigenvalue weighted by Gasteiger charge is 2.25. The van der Waals surface area contributed by atoms with E-state index >= 15 is 0 Å². The predicted octanol–water partition coefficient (Wildman–Crippen LogP) is 2.85. The number of methoxy groups -OCH3 is 4. The van der Waals surface area contributed by atoms with Crippen LogP contribution in [0.1, 0.15) is 33.6 Å². The monoisotopic (exact) mass is 463 g/mol. The van der Waals surface area contributed by atoms with Crippen LogP contribution in [-0.4, -0.2) is 63.2 Å². The van der Waals surface area contributed by atoms with Gasteiger partial charge in [0.15, 0.2) is 28.8 Å². The van der Waals surface area contributed by atoms with Crippen molar-refractivity contribution in [1.82, 2.24) is 0 Å². The van der Waals surface area contributed by atoms with E-state index in [1.165, 1.54) is 46.6 Å². The number of carbonyl (C=O) groups is 2. The number of Topliss-reactive ketones (excluding diaryl/α,β-unsaturated/α-hetero) is 2. The fourth-order valence-corrected chi connectivity index (χ4v) is 3.09. The van der Waals surface area contributed by atoms with E-state index in [9.17, 15) is 19.7 Å². The third kappa shape index (κ3) is 5.89. The molecular weight excluding hydrogens is 438 g/mol. The van der Waals surface area contributed by atoms with Gasteiger partial charge in [-0.25, -0.2) is 0 Å². The Morgan fingerprint density at radius 1 is 0.818 bits per heavy atom. The number of ether oxygens (including phenoxy) is 5. The zero-order valence-corrected chi connectivity index (χ0v) is 18.7. The van der Waals surface area contributed by atoms with Crippen LogP contribution in [0.3, 0.4) is 0 Å². The molecule has 0 bridgehead atoms. The minimum atomic E-state index is -0.715. The van der Waals surface area contributed by atoms with Crippen molar-refractivity contribution in [3.05, 3.63) is 45.5 Å². The van der Waals surface area contributed by atoms with Gasteiger partial charge in [0.2, 0.25) is 11.5 Å². The molecule has 0 radical (unpaired) electrons. The number of nitrogens with zero attached hydrogens (tertiary/aromatic N) is 1. The second-order valence-corrected chi connectivity index (χ2v) is 6.62. The molecule has 2 aromatic carbocycles. The summed E-state index contributed by atoms with van der Waals surface area (Å²) in [6.45, 7) is -0.544. The first-order chi connectivity index (χ1) is 15.8. The molecular formula is C22H25NO10. The highest BCUT2D eigenvalue weighted by atomic mass is 16.6. The number of nitro groups is 1. The third-order valence-corrected chi connectivity index (χ3v) is 4.68. The van der Waals surface area contributed by atoms with Crippen molar-refractivity contribution in [2.24, 2.45) is 0 Å². The average molecular weight is 463 g/mol. The highest BCUT2D eigenvalue weighted by Crippen LogP contribution is 2.40. The molecule has 0 fully saturated rings. The average Bonchev–Trinajstić information content (AvgIpc) is 2.83.